The van der Waals surface area contributed by atoms with E-state index in [1.807, 2.05) is 18.2 Å². The summed E-state index contributed by atoms with van der Waals surface area (Å²) in [6.45, 7) is 4.19. The number of carbonyl (C=O) groups is 1. The lowest BCUT2D eigenvalue weighted by molar-refractivity contribution is -0.111. The monoisotopic (exact) mass is 377 g/mol. The van der Waals surface area contributed by atoms with Gasteiger partial charge < -0.3 is 10.2 Å². The molecule has 2 heterocycles. The second-order valence-electron chi connectivity index (χ2n) is 5.73. The summed E-state index contributed by atoms with van der Waals surface area (Å²) in [4.78, 5) is 14.4. The molecule has 1 aromatic heterocycles. The Hall–Kier alpha value is -1.96. The fourth-order valence-corrected chi connectivity index (χ4v) is 3.47. The van der Waals surface area contributed by atoms with E-state index in [2.05, 4.69) is 25.7 Å². The fraction of sp³-hybridized carbons (Fsp3) is 0.353. The number of amides is 1. The van der Waals surface area contributed by atoms with Crippen LogP contribution in [0.5, 0.6) is 0 Å². The standard InChI is InChI=1S/C17H20ClN5OS/c18-14-6-2-1-5-13(14)7-8-15(24)20-17-22-21-16(25-17)19-9-12-23-10-3-4-11-23/h1-2,5-8H,3-4,9-12H2,(H,19,21)(H,20,22,24). The van der Waals surface area contributed by atoms with Crippen LogP contribution in [-0.4, -0.2) is 47.2 Å². The number of benzene rings is 1. The molecular weight excluding hydrogens is 358 g/mol. The lowest BCUT2D eigenvalue weighted by atomic mass is 10.2. The summed E-state index contributed by atoms with van der Waals surface area (Å²) < 4.78 is 0. The van der Waals surface area contributed by atoms with Gasteiger partial charge in [0.1, 0.15) is 0 Å². The maximum Gasteiger partial charge on any atom is 0.250 e. The van der Waals surface area contributed by atoms with E-state index in [1.165, 1.54) is 43.3 Å². The highest BCUT2D eigenvalue weighted by Gasteiger charge is 2.11. The molecule has 0 aliphatic carbocycles. The minimum atomic E-state index is -0.264. The predicted molar refractivity (Wildman–Crippen MR) is 103 cm³/mol. The van der Waals surface area contributed by atoms with Crippen LogP contribution in [0.2, 0.25) is 5.02 Å². The topological polar surface area (TPSA) is 70.1 Å². The van der Waals surface area contributed by atoms with Gasteiger partial charge in [0.2, 0.25) is 16.2 Å². The van der Waals surface area contributed by atoms with Crippen molar-refractivity contribution in [3.8, 4) is 0 Å². The van der Waals surface area contributed by atoms with Gasteiger partial charge in [-0.3, -0.25) is 10.1 Å². The Morgan fingerprint density at radius 3 is 2.80 bits per heavy atom. The molecule has 0 saturated carbocycles. The molecule has 1 fully saturated rings. The second kappa shape index (κ2) is 8.94. The number of nitrogens with zero attached hydrogens (tertiary/aromatic N) is 3. The number of halogens is 1. The molecule has 25 heavy (non-hydrogen) atoms. The van der Waals surface area contributed by atoms with E-state index in [0.717, 1.165) is 18.7 Å². The van der Waals surface area contributed by atoms with Crippen molar-refractivity contribution in [3.63, 3.8) is 0 Å². The summed E-state index contributed by atoms with van der Waals surface area (Å²) in [5.41, 5.74) is 0.792. The van der Waals surface area contributed by atoms with Crippen LogP contribution in [0.15, 0.2) is 30.3 Å². The van der Waals surface area contributed by atoms with Gasteiger partial charge in [-0.2, -0.15) is 0 Å². The third-order valence-corrected chi connectivity index (χ3v) is 5.02. The molecule has 132 valence electrons. The van der Waals surface area contributed by atoms with Crippen molar-refractivity contribution in [3.05, 3.63) is 40.9 Å². The lowest BCUT2D eigenvalue weighted by Gasteiger charge is -2.13. The fourth-order valence-electron chi connectivity index (χ4n) is 2.60. The Morgan fingerprint density at radius 2 is 2.00 bits per heavy atom. The Labute approximate surface area is 155 Å². The van der Waals surface area contributed by atoms with Crippen molar-refractivity contribution in [1.29, 1.82) is 0 Å². The molecule has 3 rings (SSSR count). The van der Waals surface area contributed by atoms with E-state index in [-0.39, 0.29) is 5.91 Å². The number of hydrogen-bond acceptors (Lipinski definition) is 6. The molecule has 2 N–H and O–H groups in total. The number of rotatable bonds is 7. The first-order chi connectivity index (χ1) is 12.2. The van der Waals surface area contributed by atoms with Gasteiger partial charge in [0.05, 0.1) is 0 Å². The summed E-state index contributed by atoms with van der Waals surface area (Å²) in [5, 5.41) is 15.8. The van der Waals surface area contributed by atoms with Crippen LogP contribution >= 0.6 is 22.9 Å². The van der Waals surface area contributed by atoms with Crippen LogP contribution in [0.25, 0.3) is 6.08 Å². The number of anilines is 2. The third-order valence-electron chi connectivity index (χ3n) is 3.88. The average Bonchev–Trinajstić information content (AvgIpc) is 3.26. The number of carbonyl (C=O) groups excluding carboxylic acids is 1. The summed E-state index contributed by atoms with van der Waals surface area (Å²) in [6, 6.07) is 7.34. The minimum Gasteiger partial charge on any atom is -0.359 e. The van der Waals surface area contributed by atoms with Crippen molar-refractivity contribution in [1.82, 2.24) is 15.1 Å². The quantitative estimate of drug-likeness (QED) is 0.724. The molecular formula is C17H20ClN5OS. The Balaban J connectivity index is 1.45. The number of hydrogen-bond donors (Lipinski definition) is 2. The van der Waals surface area contributed by atoms with Crippen molar-refractivity contribution in [2.24, 2.45) is 0 Å². The highest BCUT2D eigenvalue weighted by Crippen LogP contribution is 2.20. The molecule has 6 nitrogen and oxygen atoms in total. The van der Waals surface area contributed by atoms with Crippen LogP contribution in [0.1, 0.15) is 18.4 Å². The van der Waals surface area contributed by atoms with Gasteiger partial charge >= 0.3 is 0 Å². The first-order valence-electron chi connectivity index (χ1n) is 8.24. The van der Waals surface area contributed by atoms with Gasteiger partial charge in [0, 0.05) is 24.2 Å². The van der Waals surface area contributed by atoms with E-state index in [0.29, 0.717) is 15.3 Å². The summed E-state index contributed by atoms with van der Waals surface area (Å²) in [7, 11) is 0. The largest absolute Gasteiger partial charge is 0.359 e. The molecule has 1 amide bonds. The molecule has 0 radical (unpaired) electrons. The first-order valence-corrected chi connectivity index (χ1v) is 9.43. The molecule has 1 saturated heterocycles. The summed E-state index contributed by atoms with van der Waals surface area (Å²) >= 11 is 7.38. The number of nitrogens with one attached hydrogen (secondary N) is 2. The third kappa shape index (κ3) is 5.52. The molecule has 1 aliphatic rings. The van der Waals surface area contributed by atoms with Gasteiger partial charge in [-0.05, 0) is 43.6 Å². The predicted octanol–water partition coefficient (Wildman–Crippen LogP) is 3.35. The van der Waals surface area contributed by atoms with E-state index in [9.17, 15) is 4.79 Å². The Morgan fingerprint density at radius 1 is 1.24 bits per heavy atom. The molecule has 1 aliphatic heterocycles. The van der Waals surface area contributed by atoms with Crippen LogP contribution in [0.4, 0.5) is 10.3 Å². The van der Waals surface area contributed by atoms with E-state index >= 15 is 0 Å². The molecule has 0 unspecified atom stereocenters. The molecule has 0 bridgehead atoms. The molecule has 0 spiro atoms. The van der Waals surface area contributed by atoms with Crippen molar-refractivity contribution in [2.45, 2.75) is 12.8 Å². The average molecular weight is 378 g/mol. The number of aromatic nitrogens is 2. The van der Waals surface area contributed by atoms with Gasteiger partial charge in [0.25, 0.3) is 0 Å². The summed E-state index contributed by atoms with van der Waals surface area (Å²) in [6.07, 6.45) is 5.68. The number of likely N-dealkylation sites (tertiary alicyclic amines) is 1. The van der Waals surface area contributed by atoms with E-state index in [4.69, 9.17) is 11.6 Å². The van der Waals surface area contributed by atoms with E-state index in [1.54, 1.807) is 12.1 Å². The van der Waals surface area contributed by atoms with Gasteiger partial charge in [0.15, 0.2) is 0 Å². The lowest BCUT2D eigenvalue weighted by Crippen LogP contribution is -2.25. The van der Waals surface area contributed by atoms with Crippen LogP contribution in [0, 0.1) is 0 Å². The maximum absolute atomic E-state index is 12.0. The zero-order valence-corrected chi connectivity index (χ0v) is 15.3. The maximum atomic E-state index is 12.0. The smallest absolute Gasteiger partial charge is 0.250 e. The molecule has 8 heteroatoms. The molecule has 1 aromatic carbocycles. The van der Waals surface area contributed by atoms with Crippen molar-refractivity contribution in [2.75, 3.05) is 36.8 Å². The zero-order chi connectivity index (χ0) is 17.5. The van der Waals surface area contributed by atoms with Gasteiger partial charge in [-0.15, -0.1) is 10.2 Å². The summed E-state index contributed by atoms with van der Waals surface area (Å²) in [5.74, 6) is -0.264. The van der Waals surface area contributed by atoms with E-state index < -0.39 is 0 Å². The van der Waals surface area contributed by atoms with Gasteiger partial charge in [-0.1, -0.05) is 41.1 Å². The zero-order valence-electron chi connectivity index (χ0n) is 13.7. The normalized spacial score (nSPS) is 14.9. The highest BCUT2D eigenvalue weighted by molar-refractivity contribution is 7.19. The Bertz CT molecular complexity index is 742. The second-order valence-corrected chi connectivity index (χ2v) is 7.12. The van der Waals surface area contributed by atoms with Crippen LogP contribution < -0.4 is 10.6 Å². The highest BCUT2D eigenvalue weighted by atomic mass is 35.5. The molecule has 2 aromatic rings. The first kappa shape index (κ1) is 17.8. The Kier molecular flexibility index (Phi) is 6.38. The van der Waals surface area contributed by atoms with Crippen LogP contribution in [-0.2, 0) is 4.79 Å². The van der Waals surface area contributed by atoms with Gasteiger partial charge in [-0.25, -0.2) is 0 Å². The minimum absolute atomic E-state index is 0.264. The van der Waals surface area contributed by atoms with Crippen molar-refractivity contribution < 1.29 is 4.79 Å². The van der Waals surface area contributed by atoms with Crippen LogP contribution in [0.3, 0.4) is 0 Å². The SMILES string of the molecule is O=C(C=Cc1ccccc1Cl)Nc1nnc(NCCN2CCCC2)s1. The van der Waals surface area contributed by atoms with Crippen molar-refractivity contribution >= 4 is 45.2 Å². The molecule has 0 atom stereocenters.